The van der Waals surface area contributed by atoms with Crippen molar-refractivity contribution in [3.8, 4) is 11.3 Å². The van der Waals surface area contributed by atoms with Gasteiger partial charge in [0.1, 0.15) is 5.69 Å². The zero-order chi connectivity index (χ0) is 34.9. The number of hydrogen-bond acceptors (Lipinski definition) is 10. The molecular weight excluding hydrogens is 683 g/mol. The lowest BCUT2D eigenvalue weighted by Gasteiger charge is -2.05. The van der Waals surface area contributed by atoms with E-state index >= 15 is 0 Å². The molecule has 0 saturated carbocycles. The zero-order valence-electron chi connectivity index (χ0n) is 24.8. The highest BCUT2D eigenvalue weighted by molar-refractivity contribution is 8.13. The summed E-state index contributed by atoms with van der Waals surface area (Å²) in [6, 6.07) is 20.1. The number of fused-ring (bicyclic) bond motifs is 3. The maximum atomic E-state index is 13.0. The normalized spacial score (nSPS) is 11.5. The molecule has 0 aliphatic heterocycles. The first-order valence-electron chi connectivity index (χ1n) is 12.9. The first-order valence-corrected chi connectivity index (χ1v) is 19.4. The van der Waals surface area contributed by atoms with E-state index in [0.29, 0.717) is 24.5 Å². The lowest BCUT2D eigenvalue weighted by Crippen LogP contribution is -2.11. The van der Waals surface area contributed by atoms with E-state index in [1.807, 2.05) is 60.8 Å². The number of H-pyrrole nitrogens is 1. The van der Waals surface area contributed by atoms with Crippen LogP contribution in [0.25, 0.3) is 44.0 Å². The fourth-order valence-corrected chi connectivity index (χ4v) is 4.49. The van der Waals surface area contributed by atoms with Gasteiger partial charge in [0.15, 0.2) is 5.17 Å². The van der Waals surface area contributed by atoms with E-state index in [2.05, 4.69) is 15.6 Å². The predicted molar refractivity (Wildman–Crippen MR) is 182 cm³/mol. The Morgan fingerprint density at radius 3 is 1.93 bits per heavy atom. The summed E-state index contributed by atoms with van der Waals surface area (Å²) >= 11 is 1.34. The molecule has 0 spiro atoms. The van der Waals surface area contributed by atoms with Crippen LogP contribution in [0.2, 0.25) is 0 Å². The Bertz CT molecular complexity index is 2140. The minimum Gasteiger partial charge on any atom is -0.379 e. The van der Waals surface area contributed by atoms with Crippen LogP contribution >= 0.6 is 11.8 Å². The molecule has 3 aromatic carbocycles. The van der Waals surface area contributed by atoms with Crippen molar-refractivity contribution in [3.63, 3.8) is 0 Å². The predicted octanol–water partition coefficient (Wildman–Crippen LogP) is 3.23. The molecular formula is C27H33N5O10S4. The molecule has 0 aliphatic carbocycles. The van der Waals surface area contributed by atoms with Crippen molar-refractivity contribution >= 4 is 80.0 Å². The number of aromatic nitrogens is 3. The smallest absolute Gasteiger partial charge is 0.275 e. The van der Waals surface area contributed by atoms with E-state index in [9.17, 15) is 30.0 Å². The number of aromatic amines is 1. The van der Waals surface area contributed by atoms with E-state index in [-0.39, 0.29) is 10.7 Å². The standard InChI is InChI=1S/C24H21N5OS.3CH4O3S/c25-24(26)31-11-5-10-29-14-18(17-8-3-4-9-21(17)29)22-23(30)28-20-13-16-7-2-1-6-15(16)12-19(20)27-22;3*1-5(2,3)4/h1-4,6-9,12-14H,5,10-11H2,(H3,25,26)(H,28,30);3*1H3,(H,2,3,4). The third-order valence-electron chi connectivity index (χ3n) is 5.40. The van der Waals surface area contributed by atoms with Crippen LogP contribution in [0.4, 0.5) is 0 Å². The summed E-state index contributed by atoms with van der Waals surface area (Å²) in [7, 11) is -11.0. The number of nitrogens with zero attached hydrogens (tertiary/aromatic N) is 2. The maximum Gasteiger partial charge on any atom is 0.275 e. The number of benzene rings is 3. The van der Waals surface area contributed by atoms with E-state index < -0.39 is 30.4 Å². The highest BCUT2D eigenvalue weighted by Gasteiger charge is 2.15. The van der Waals surface area contributed by atoms with Gasteiger partial charge in [-0.1, -0.05) is 54.2 Å². The lowest BCUT2D eigenvalue weighted by molar-refractivity contribution is 0.488. The molecule has 2 heterocycles. The summed E-state index contributed by atoms with van der Waals surface area (Å²) in [4.78, 5) is 20.8. The van der Waals surface area contributed by atoms with E-state index in [4.69, 9.17) is 29.8 Å². The summed E-state index contributed by atoms with van der Waals surface area (Å²) in [5.41, 5.74) is 9.05. The summed E-state index contributed by atoms with van der Waals surface area (Å²) < 4.78 is 79.8. The number of hydrogen-bond donors (Lipinski definition) is 6. The van der Waals surface area contributed by atoms with Crippen molar-refractivity contribution in [3.05, 3.63) is 77.2 Å². The monoisotopic (exact) mass is 715 g/mol. The van der Waals surface area contributed by atoms with Crippen molar-refractivity contribution in [1.29, 1.82) is 5.41 Å². The second-order valence-electron chi connectivity index (χ2n) is 9.65. The average molecular weight is 716 g/mol. The number of para-hydroxylation sites is 1. The van der Waals surface area contributed by atoms with Gasteiger partial charge in [-0.3, -0.25) is 23.9 Å². The number of nitrogens with two attached hydrogens (primary N) is 1. The van der Waals surface area contributed by atoms with Gasteiger partial charge >= 0.3 is 0 Å². The third-order valence-corrected chi connectivity index (χ3v) is 6.21. The van der Waals surface area contributed by atoms with Gasteiger partial charge in [-0.2, -0.15) is 25.3 Å². The molecule has 0 unspecified atom stereocenters. The summed E-state index contributed by atoms with van der Waals surface area (Å²) in [6.45, 7) is 0.775. The molecule has 0 bridgehead atoms. The number of thioether (sulfide) groups is 1. The number of rotatable bonds is 5. The molecule has 46 heavy (non-hydrogen) atoms. The van der Waals surface area contributed by atoms with Crippen molar-refractivity contribution in [2.45, 2.75) is 13.0 Å². The van der Waals surface area contributed by atoms with E-state index in [0.717, 1.165) is 57.0 Å². The Labute approximate surface area is 269 Å². The minimum absolute atomic E-state index is 0.137. The second-order valence-corrected chi connectivity index (χ2v) is 15.2. The molecule has 5 aromatic rings. The largest absolute Gasteiger partial charge is 0.379 e. The zero-order valence-corrected chi connectivity index (χ0v) is 28.0. The first kappa shape index (κ1) is 38.3. The Morgan fingerprint density at radius 2 is 1.39 bits per heavy atom. The molecule has 250 valence electrons. The molecule has 15 nitrogen and oxygen atoms in total. The molecule has 5 rings (SSSR count). The van der Waals surface area contributed by atoms with Crippen molar-refractivity contribution in [2.75, 3.05) is 24.5 Å². The molecule has 0 atom stereocenters. The van der Waals surface area contributed by atoms with Gasteiger partial charge in [0, 0.05) is 35.0 Å². The summed E-state index contributed by atoms with van der Waals surface area (Å²) in [6.07, 6.45) is 5.02. The summed E-state index contributed by atoms with van der Waals surface area (Å²) in [5, 5.41) is 10.6. The number of aryl methyl sites for hydroxylation is 1. The molecule has 0 amide bonds. The highest BCUT2D eigenvalue weighted by Crippen LogP contribution is 2.29. The molecule has 0 radical (unpaired) electrons. The minimum atomic E-state index is -3.67. The van der Waals surface area contributed by atoms with Gasteiger partial charge in [-0.05, 0) is 35.4 Å². The molecule has 19 heteroatoms. The lowest BCUT2D eigenvalue weighted by atomic mass is 10.1. The Morgan fingerprint density at radius 1 is 0.891 bits per heavy atom. The number of nitrogens with one attached hydrogen (secondary N) is 2. The first-order chi connectivity index (χ1) is 21.1. The fraction of sp³-hybridized carbons (Fsp3) is 0.222. The van der Waals surface area contributed by atoms with Gasteiger partial charge in [-0.25, -0.2) is 4.98 Å². The van der Waals surface area contributed by atoms with Crippen LogP contribution in [-0.2, 0) is 36.9 Å². The quantitative estimate of drug-likeness (QED) is 0.0502. The Balaban J connectivity index is 0.000000411. The van der Waals surface area contributed by atoms with Crippen LogP contribution in [-0.4, -0.2) is 83.1 Å². The second kappa shape index (κ2) is 16.1. The van der Waals surface area contributed by atoms with Gasteiger partial charge in [0.05, 0.1) is 29.8 Å². The van der Waals surface area contributed by atoms with Crippen molar-refractivity contribution in [2.24, 2.45) is 5.73 Å². The van der Waals surface area contributed by atoms with Crippen LogP contribution in [0.5, 0.6) is 0 Å². The number of amidine groups is 1. The van der Waals surface area contributed by atoms with Gasteiger partial charge in [0.2, 0.25) is 0 Å². The topological polar surface area (TPSA) is 264 Å². The van der Waals surface area contributed by atoms with Crippen LogP contribution in [0.1, 0.15) is 6.42 Å². The SMILES string of the molecule is CS(=O)(=O)O.CS(=O)(=O)O.CS(=O)(=O)O.N=C(N)SCCCn1cc(-c2nc3cc4ccccc4cc3[nH]c2=O)c2ccccc21. The molecule has 0 fully saturated rings. The van der Waals surface area contributed by atoms with Crippen LogP contribution in [0.3, 0.4) is 0 Å². The molecule has 7 N–H and O–H groups in total. The van der Waals surface area contributed by atoms with Crippen molar-refractivity contribution < 1.29 is 38.9 Å². The molecule has 0 aliphatic rings. The molecule has 0 saturated heterocycles. The van der Waals surface area contributed by atoms with Gasteiger partial charge < -0.3 is 15.3 Å². The van der Waals surface area contributed by atoms with E-state index in [1.165, 1.54) is 11.8 Å². The van der Waals surface area contributed by atoms with Crippen LogP contribution in [0, 0.1) is 5.41 Å². The van der Waals surface area contributed by atoms with Gasteiger partial charge in [-0.15, -0.1) is 0 Å². The van der Waals surface area contributed by atoms with Gasteiger partial charge in [0.25, 0.3) is 35.9 Å². The fourth-order valence-electron chi connectivity index (χ4n) is 3.99. The van der Waals surface area contributed by atoms with Crippen molar-refractivity contribution in [1.82, 2.24) is 14.5 Å². The molecule has 2 aromatic heterocycles. The third kappa shape index (κ3) is 14.5. The Hall–Kier alpha value is -3.85. The highest BCUT2D eigenvalue weighted by atomic mass is 32.2. The van der Waals surface area contributed by atoms with Crippen LogP contribution < -0.4 is 11.3 Å². The van der Waals surface area contributed by atoms with Crippen LogP contribution in [0.15, 0.2) is 71.7 Å². The average Bonchev–Trinajstić information content (AvgIpc) is 3.25. The Kier molecular flexibility index (Phi) is 13.4. The summed E-state index contributed by atoms with van der Waals surface area (Å²) in [5.74, 6) is 0.777. The van der Waals surface area contributed by atoms with E-state index in [1.54, 1.807) is 0 Å². The maximum absolute atomic E-state index is 13.0.